The molecule has 2 aliphatic heterocycles. The van der Waals surface area contributed by atoms with E-state index in [9.17, 15) is 18.4 Å². The van der Waals surface area contributed by atoms with Crippen LogP contribution in [-0.4, -0.2) is 36.0 Å². The number of nitrogens with one attached hydrogen (secondary N) is 1. The Hall–Kier alpha value is -3.13. The number of amides is 3. The van der Waals surface area contributed by atoms with E-state index in [-0.39, 0.29) is 24.2 Å². The highest BCUT2D eigenvalue weighted by Crippen LogP contribution is 2.38. The van der Waals surface area contributed by atoms with E-state index >= 15 is 0 Å². The number of ether oxygens (including phenoxy) is 1. The van der Waals surface area contributed by atoms with Crippen molar-refractivity contribution in [2.75, 3.05) is 18.5 Å². The van der Waals surface area contributed by atoms with Crippen molar-refractivity contribution in [2.24, 2.45) is 0 Å². The normalized spacial score (nSPS) is 19.4. The smallest absolute Gasteiger partial charge is 0.420 e. The highest BCUT2D eigenvalue weighted by Gasteiger charge is 2.43. The third-order valence-electron chi connectivity index (χ3n) is 4.88. The molecule has 0 saturated heterocycles. The summed E-state index contributed by atoms with van der Waals surface area (Å²) in [6.07, 6.45) is 0. The number of carbonyl (C=O) groups excluding carboxylic acids is 2. The summed E-state index contributed by atoms with van der Waals surface area (Å²) in [6.45, 7) is 0.188. The number of anilines is 1. The second kappa shape index (κ2) is 7.04. The molecule has 2 aliphatic rings. The number of carbonyl (C=O) groups is 2. The molecule has 6 nitrogen and oxygen atoms in total. The molecule has 0 fully saturated rings. The molecular weight excluding hydrogens is 404 g/mol. The van der Waals surface area contributed by atoms with E-state index in [1.807, 2.05) is 30.3 Å². The van der Waals surface area contributed by atoms with Gasteiger partial charge in [-0.15, -0.1) is 8.78 Å². The third kappa shape index (κ3) is 3.63. The van der Waals surface area contributed by atoms with Gasteiger partial charge in [0.05, 0.1) is 23.9 Å². The number of rotatable bonds is 4. The Morgan fingerprint density at radius 2 is 1.76 bits per heavy atom. The molecule has 1 atom stereocenters. The first-order valence-electron chi connectivity index (χ1n) is 8.74. The Bertz CT molecular complexity index is 990. The first-order valence-corrected chi connectivity index (χ1v) is 9.12. The van der Waals surface area contributed by atoms with E-state index in [2.05, 4.69) is 10.1 Å². The standard InChI is InChI=1S/C20H16ClF2N3O3/c1-25-15-11-26(13-7-9-14(10-8-13)29-20(21,22)23)18(27)16(15)17(24-19(25)28)12-5-3-2-4-6-12/h2-10,17H,11H2,1H3,(H,24,28)/t17-/m0/s1. The van der Waals surface area contributed by atoms with Gasteiger partial charge < -0.3 is 15.0 Å². The van der Waals surface area contributed by atoms with Gasteiger partial charge in [0.25, 0.3) is 5.91 Å². The minimum atomic E-state index is -3.82. The van der Waals surface area contributed by atoms with Crippen molar-refractivity contribution >= 4 is 29.2 Å². The average molecular weight is 420 g/mol. The van der Waals surface area contributed by atoms with Crippen LogP contribution in [0.25, 0.3) is 0 Å². The lowest BCUT2D eigenvalue weighted by Crippen LogP contribution is -2.45. The van der Waals surface area contributed by atoms with Gasteiger partial charge in [-0.1, -0.05) is 30.3 Å². The van der Waals surface area contributed by atoms with E-state index in [4.69, 9.17) is 11.6 Å². The fraction of sp³-hybridized carbons (Fsp3) is 0.200. The van der Waals surface area contributed by atoms with Crippen LogP contribution in [0.3, 0.4) is 0 Å². The van der Waals surface area contributed by atoms with Crippen LogP contribution in [0.5, 0.6) is 5.75 Å². The minimum absolute atomic E-state index is 0.130. The van der Waals surface area contributed by atoms with Gasteiger partial charge in [-0.3, -0.25) is 9.69 Å². The number of urea groups is 1. The Morgan fingerprint density at radius 1 is 1.10 bits per heavy atom. The summed E-state index contributed by atoms with van der Waals surface area (Å²) in [5.74, 6) is -0.397. The van der Waals surface area contributed by atoms with Crippen molar-refractivity contribution < 1.29 is 23.1 Å². The van der Waals surface area contributed by atoms with E-state index < -0.39 is 11.6 Å². The molecule has 0 aliphatic carbocycles. The maximum atomic E-state index is 13.2. The lowest BCUT2D eigenvalue weighted by Gasteiger charge is -2.31. The second-order valence-electron chi connectivity index (χ2n) is 6.65. The highest BCUT2D eigenvalue weighted by molar-refractivity contribution is 6.20. The molecule has 0 saturated carbocycles. The lowest BCUT2D eigenvalue weighted by atomic mass is 9.96. The van der Waals surface area contributed by atoms with Gasteiger partial charge in [0.2, 0.25) is 0 Å². The molecule has 0 radical (unpaired) electrons. The Morgan fingerprint density at radius 3 is 2.38 bits per heavy atom. The molecule has 0 aromatic heterocycles. The number of hydrogen-bond acceptors (Lipinski definition) is 3. The quantitative estimate of drug-likeness (QED) is 0.766. The van der Waals surface area contributed by atoms with Crippen LogP contribution < -0.4 is 15.0 Å². The van der Waals surface area contributed by atoms with Crippen molar-refractivity contribution in [1.82, 2.24) is 10.2 Å². The predicted molar refractivity (Wildman–Crippen MR) is 103 cm³/mol. The van der Waals surface area contributed by atoms with Crippen molar-refractivity contribution in [3.05, 3.63) is 71.4 Å². The van der Waals surface area contributed by atoms with Crippen LogP contribution in [0.1, 0.15) is 11.6 Å². The Labute approximate surface area is 170 Å². The van der Waals surface area contributed by atoms with Crippen LogP contribution >= 0.6 is 11.6 Å². The minimum Gasteiger partial charge on any atom is -0.420 e. The third-order valence-corrected chi connectivity index (χ3v) is 4.95. The molecule has 2 heterocycles. The van der Waals surface area contributed by atoms with Crippen LogP contribution in [0, 0.1) is 0 Å². The van der Waals surface area contributed by atoms with E-state index in [1.165, 1.54) is 34.1 Å². The fourth-order valence-electron chi connectivity index (χ4n) is 3.50. The van der Waals surface area contributed by atoms with Crippen LogP contribution in [0.2, 0.25) is 0 Å². The zero-order valence-corrected chi connectivity index (χ0v) is 16.0. The zero-order chi connectivity index (χ0) is 20.8. The maximum absolute atomic E-state index is 13.2. The summed E-state index contributed by atoms with van der Waals surface area (Å²) in [4.78, 5) is 28.5. The van der Waals surface area contributed by atoms with Crippen LogP contribution in [0.4, 0.5) is 19.3 Å². The van der Waals surface area contributed by atoms with Crippen molar-refractivity contribution in [2.45, 2.75) is 11.6 Å². The fourth-order valence-corrected chi connectivity index (χ4v) is 3.59. The number of nitrogens with zero attached hydrogens (tertiary/aromatic N) is 2. The summed E-state index contributed by atoms with van der Waals surface area (Å²) >= 11 is 4.77. The summed E-state index contributed by atoms with van der Waals surface area (Å²) in [5, 5.41) is 2.85. The SMILES string of the molecule is CN1C(=O)N[C@@H](c2ccccc2)C2=C1CN(c1ccc(OC(F)(F)Cl)cc1)C2=O. The predicted octanol–water partition coefficient (Wildman–Crippen LogP) is 3.85. The van der Waals surface area contributed by atoms with Gasteiger partial charge in [0.15, 0.2) is 0 Å². The first kappa shape index (κ1) is 19.2. The first-order chi connectivity index (χ1) is 13.7. The molecule has 4 rings (SSSR count). The topological polar surface area (TPSA) is 61.9 Å². The summed E-state index contributed by atoms with van der Waals surface area (Å²) in [7, 11) is 1.60. The molecular formula is C20H16ClF2N3O3. The highest BCUT2D eigenvalue weighted by atomic mass is 35.5. The molecule has 2 aromatic rings. The molecule has 29 heavy (non-hydrogen) atoms. The van der Waals surface area contributed by atoms with Gasteiger partial charge in [-0.25, -0.2) is 4.79 Å². The molecule has 1 N–H and O–H groups in total. The molecule has 0 unspecified atom stereocenters. The molecule has 2 aromatic carbocycles. The molecule has 9 heteroatoms. The summed E-state index contributed by atoms with van der Waals surface area (Å²) in [6, 6.07) is 13.9. The van der Waals surface area contributed by atoms with Gasteiger partial charge in [-0.05, 0) is 29.8 Å². The monoisotopic (exact) mass is 419 g/mol. The summed E-state index contributed by atoms with van der Waals surface area (Å²) < 4.78 is 29.9. The Balaban J connectivity index is 1.64. The van der Waals surface area contributed by atoms with Crippen molar-refractivity contribution in [1.29, 1.82) is 0 Å². The van der Waals surface area contributed by atoms with Gasteiger partial charge in [0, 0.05) is 24.3 Å². The van der Waals surface area contributed by atoms with Crippen molar-refractivity contribution in [3.63, 3.8) is 0 Å². The Kier molecular flexibility index (Phi) is 4.66. The second-order valence-corrected chi connectivity index (χ2v) is 7.09. The van der Waals surface area contributed by atoms with Crippen molar-refractivity contribution in [3.8, 4) is 5.75 Å². The van der Waals surface area contributed by atoms with Gasteiger partial charge in [0.1, 0.15) is 5.75 Å². The van der Waals surface area contributed by atoms with E-state index in [0.29, 0.717) is 17.0 Å². The maximum Gasteiger partial charge on any atom is 0.487 e. The lowest BCUT2D eigenvalue weighted by molar-refractivity contribution is -0.114. The average Bonchev–Trinajstić information content (AvgIpc) is 3.02. The molecule has 150 valence electrons. The zero-order valence-electron chi connectivity index (χ0n) is 15.2. The molecule has 3 amide bonds. The van der Waals surface area contributed by atoms with Gasteiger partial charge >= 0.3 is 11.6 Å². The number of alkyl halides is 3. The van der Waals surface area contributed by atoms with Crippen LogP contribution in [-0.2, 0) is 4.79 Å². The summed E-state index contributed by atoms with van der Waals surface area (Å²) in [5.41, 5.74) is -1.46. The number of benzene rings is 2. The van der Waals surface area contributed by atoms with Crippen LogP contribution in [0.15, 0.2) is 65.9 Å². The van der Waals surface area contributed by atoms with E-state index in [0.717, 1.165) is 5.56 Å². The van der Waals surface area contributed by atoms with E-state index in [1.54, 1.807) is 7.05 Å². The number of likely N-dealkylation sites (N-methyl/N-ethyl adjacent to an activating group) is 1. The largest absolute Gasteiger partial charge is 0.487 e. The van der Waals surface area contributed by atoms with Gasteiger partial charge in [-0.2, -0.15) is 0 Å². The number of halogens is 3. The molecule has 0 spiro atoms. The molecule has 0 bridgehead atoms. The number of hydrogen-bond donors (Lipinski definition) is 1.